The molecule has 0 spiro atoms. The molecular weight excluding hydrogens is 332 g/mol. The number of aryl methyl sites for hydroxylation is 1. The zero-order valence-electron chi connectivity index (χ0n) is 14.7. The average Bonchev–Trinajstić information content (AvgIpc) is 2.60. The first-order valence-corrected chi connectivity index (χ1v) is 10.7. The highest BCUT2D eigenvalue weighted by molar-refractivity contribution is 7.99. The predicted molar refractivity (Wildman–Crippen MR) is 108 cm³/mol. The summed E-state index contributed by atoms with van der Waals surface area (Å²) in [5, 5.41) is 0. The van der Waals surface area contributed by atoms with E-state index in [1.165, 1.54) is 10.5 Å². The number of unbranched alkanes of at least 4 members (excludes halogenated alkanes) is 2. The van der Waals surface area contributed by atoms with Gasteiger partial charge in [-0.05, 0) is 48.9 Å². The summed E-state index contributed by atoms with van der Waals surface area (Å²) in [4.78, 5) is 3.06. The first-order chi connectivity index (χ1) is 11.7. The standard InChI is InChI=1S/C21H26OS2/c1-4-6-7-8-21(18-11-13-19(14-12-18)23-5-2)24(22)20-15-9-17(3)10-16-20/h8-16H,4-7H2,1-3H3/b21-8-/t24-/m0/s1. The molecule has 1 atom stereocenters. The zero-order chi connectivity index (χ0) is 17.4. The molecule has 2 aromatic rings. The van der Waals surface area contributed by atoms with E-state index in [1.54, 1.807) is 0 Å². The first-order valence-electron chi connectivity index (χ1n) is 8.57. The summed E-state index contributed by atoms with van der Waals surface area (Å²) in [6.07, 6.45) is 5.39. The van der Waals surface area contributed by atoms with Crippen LogP contribution in [0, 0.1) is 6.92 Å². The molecular formula is C21H26OS2. The fraction of sp³-hybridized carbons (Fsp3) is 0.333. The molecule has 0 bridgehead atoms. The Morgan fingerprint density at radius 3 is 2.29 bits per heavy atom. The summed E-state index contributed by atoms with van der Waals surface area (Å²) in [7, 11) is -1.14. The smallest absolute Gasteiger partial charge is 0.0852 e. The van der Waals surface area contributed by atoms with Crippen LogP contribution >= 0.6 is 11.8 Å². The average molecular weight is 359 g/mol. The van der Waals surface area contributed by atoms with E-state index >= 15 is 0 Å². The maximum absolute atomic E-state index is 13.1. The lowest BCUT2D eigenvalue weighted by atomic mass is 10.1. The minimum atomic E-state index is -1.14. The number of allylic oxidation sites excluding steroid dienone is 1. The Morgan fingerprint density at radius 2 is 1.71 bits per heavy atom. The van der Waals surface area contributed by atoms with E-state index in [9.17, 15) is 4.21 Å². The van der Waals surface area contributed by atoms with Gasteiger partial charge >= 0.3 is 0 Å². The minimum absolute atomic E-state index is 0.871. The van der Waals surface area contributed by atoms with Crippen molar-refractivity contribution < 1.29 is 4.21 Å². The van der Waals surface area contributed by atoms with Crippen LogP contribution in [0.3, 0.4) is 0 Å². The van der Waals surface area contributed by atoms with E-state index in [2.05, 4.69) is 51.1 Å². The fourth-order valence-corrected chi connectivity index (χ4v) is 4.33. The summed E-state index contributed by atoms with van der Waals surface area (Å²) in [5.74, 6) is 1.06. The maximum atomic E-state index is 13.1. The van der Waals surface area contributed by atoms with E-state index in [-0.39, 0.29) is 0 Å². The van der Waals surface area contributed by atoms with Crippen LogP contribution < -0.4 is 0 Å². The van der Waals surface area contributed by atoms with Gasteiger partial charge < -0.3 is 0 Å². The highest BCUT2D eigenvalue weighted by atomic mass is 32.2. The van der Waals surface area contributed by atoms with E-state index in [0.29, 0.717) is 0 Å². The molecule has 2 aromatic carbocycles. The predicted octanol–water partition coefficient (Wildman–Crippen LogP) is 6.45. The van der Waals surface area contributed by atoms with Crippen molar-refractivity contribution >= 4 is 27.5 Å². The molecule has 24 heavy (non-hydrogen) atoms. The molecule has 2 rings (SSSR count). The molecule has 0 aliphatic rings. The molecule has 0 radical (unpaired) electrons. The van der Waals surface area contributed by atoms with Gasteiger partial charge in [0, 0.05) is 14.7 Å². The Bertz CT molecular complexity index is 685. The normalized spacial score (nSPS) is 13.0. The third-order valence-electron chi connectivity index (χ3n) is 3.77. The summed E-state index contributed by atoms with van der Waals surface area (Å²) in [6, 6.07) is 16.5. The van der Waals surface area contributed by atoms with Crippen molar-refractivity contribution in [3.8, 4) is 0 Å². The van der Waals surface area contributed by atoms with Crippen molar-refractivity contribution in [2.24, 2.45) is 0 Å². The number of thioether (sulfide) groups is 1. The number of rotatable bonds is 8. The third-order valence-corrected chi connectivity index (χ3v) is 6.17. The third kappa shape index (κ3) is 5.35. The lowest BCUT2D eigenvalue weighted by Crippen LogP contribution is -1.97. The number of hydrogen-bond acceptors (Lipinski definition) is 2. The van der Waals surface area contributed by atoms with Crippen molar-refractivity contribution in [3.63, 3.8) is 0 Å². The fourth-order valence-electron chi connectivity index (χ4n) is 2.41. The SMILES string of the molecule is CCCC/C=C(/c1ccc(SCC)cc1)[S@@](=O)c1ccc(C)cc1. The van der Waals surface area contributed by atoms with Gasteiger partial charge in [-0.25, -0.2) is 4.21 Å². The molecule has 0 aliphatic heterocycles. The van der Waals surface area contributed by atoms with E-state index in [0.717, 1.165) is 40.4 Å². The largest absolute Gasteiger partial charge is 0.249 e. The van der Waals surface area contributed by atoms with Crippen LogP contribution in [-0.2, 0) is 10.8 Å². The molecule has 0 amide bonds. The second-order valence-electron chi connectivity index (χ2n) is 5.75. The zero-order valence-corrected chi connectivity index (χ0v) is 16.4. The summed E-state index contributed by atoms with van der Waals surface area (Å²) < 4.78 is 13.1. The van der Waals surface area contributed by atoms with Crippen LogP contribution in [0.25, 0.3) is 4.91 Å². The van der Waals surface area contributed by atoms with Gasteiger partial charge in [-0.2, -0.15) is 0 Å². The van der Waals surface area contributed by atoms with Crippen LogP contribution in [0.15, 0.2) is 64.4 Å². The van der Waals surface area contributed by atoms with Gasteiger partial charge in [-0.1, -0.05) is 62.6 Å². The first kappa shape index (κ1) is 19.0. The quantitative estimate of drug-likeness (QED) is 0.398. The van der Waals surface area contributed by atoms with Crippen LogP contribution in [0.4, 0.5) is 0 Å². The van der Waals surface area contributed by atoms with Gasteiger partial charge in [0.1, 0.15) is 0 Å². The van der Waals surface area contributed by atoms with Crippen molar-refractivity contribution in [2.75, 3.05) is 5.75 Å². The molecule has 0 saturated heterocycles. The molecule has 0 N–H and O–H groups in total. The van der Waals surface area contributed by atoms with Crippen LogP contribution in [-0.4, -0.2) is 9.96 Å². The molecule has 1 nitrogen and oxygen atoms in total. The monoisotopic (exact) mass is 358 g/mol. The highest BCUT2D eigenvalue weighted by Gasteiger charge is 2.12. The Hall–Kier alpha value is -1.32. The van der Waals surface area contributed by atoms with Gasteiger partial charge in [-0.3, -0.25) is 0 Å². The Kier molecular flexibility index (Phi) is 7.80. The lowest BCUT2D eigenvalue weighted by Gasteiger charge is -2.10. The van der Waals surface area contributed by atoms with E-state index in [1.807, 2.05) is 36.0 Å². The number of hydrogen-bond donors (Lipinski definition) is 0. The van der Waals surface area contributed by atoms with Crippen molar-refractivity contribution in [2.45, 2.75) is 49.8 Å². The van der Waals surface area contributed by atoms with Gasteiger partial charge in [0.15, 0.2) is 0 Å². The van der Waals surface area contributed by atoms with Crippen LogP contribution in [0.1, 0.15) is 44.2 Å². The number of benzene rings is 2. The van der Waals surface area contributed by atoms with Gasteiger partial charge in [-0.15, -0.1) is 11.8 Å². The van der Waals surface area contributed by atoms with Crippen LogP contribution in [0.5, 0.6) is 0 Å². The van der Waals surface area contributed by atoms with E-state index in [4.69, 9.17) is 0 Å². The van der Waals surface area contributed by atoms with Gasteiger partial charge in [0.25, 0.3) is 0 Å². The lowest BCUT2D eigenvalue weighted by molar-refractivity contribution is 0.689. The van der Waals surface area contributed by atoms with Crippen molar-refractivity contribution in [1.29, 1.82) is 0 Å². The molecule has 0 aliphatic carbocycles. The molecule has 0 aromatic heterocycles. The molecule has 0 heterocycles. The van der Waals surface area contributed by atoms with Crippen molar-refractivity contribution in [1.82, 2.24) is 0 Å². The Morgan fingerprint density at radius 1 is 1.04 bits per heavy atom. The molecule has 0 unspecified atom stereocenters. The maximum Gasteiger partial charge on any atom is 0.0852 e. The summed E-state index contributed by atoms with van der Waals surface area (Å²) in [5.41, 5.74) is 2.25. The Labute approximate surface area is 153 Å². The molecule has 0 saturated carbocycles. The van der Waals surface area contributed by atoms with Gasteiger partial charge in [0.05, 0.1) is 10.8 Å². The summed E-state index contributed by atoms with van der Waals surface area (Å²) in [6.45, 7) is 6.39. The second-order valence-corrected chi connectivity index (χ2v) is 8.54. The topological polar surface area (TPSA) is 17.1 Å². The van der Waals surface area contributed by atoms with E-state index < -0.39 is 10.8 Å². The molecule has 0 fully saturated rings. The van der Waals surface area contributed by atoms with Crippen molar-refractivity contribution in [3.05, 3.63) is 65.7 Å². The minimum Gasteiger partial charge on any atom is -0.249 e. The van der Waals surface area contributed by atoms with Gasteiger partial charge in [0.2, 0.25) is 0 Å². The molecule has 128 valence electrons. The Balaban J connectivity index is 2.31. The summed E-state index contributed by atoms with van der Waals surface area (Å²) >= 11 is 1.83. The van der Waals surface area contributed by atoms with Crippen LogP contribution in [0.2, 0.25) is 0 Å². The highest BCUT2D eigenvalue weighted by Crippen LogP contribution is 2.27. The second kappa shape index (κ2) is 9.85. The molecule has 3 heteroatoms.